The molecule has 8 nitrogen and oxygen atoms in total. The van der Waals surface area contributed by atoms with Gasteiger partial charge in [0.1, 0.15) is 0 Å². The number of nitrogens with zero attached hydrogens (tertiary/aromatic N) is 6. The fourth-order valence-electron chi connectivity index (χ4n) is 2.94. The number of amides is 1. The molecule has 3 aromatic heterocycles. The van der Waals surface area contributed by atoms with E-state index in [9.17, 15) is 4.79 Å². The van der Waals surface area contributed by atoms with Crippen molar-refractivity contribution in [1.82, 2.24) is 35.5 Å². The minimum atomic E-state index is -0.351. The normalized spacial score (nSPS) is 10.8. The van der Waals surface area contributed by atoms with Gasteiger partial charge in [0, 0.05) is 11.3 Å². The number of carbonyl (C=O) groups excluding carboxylic acids is 1. The first-order valence-corrected chi connectivity index (χ1v) is 9.62. The molecule has 0 unspecified atom stereocenters. The molecule has 30 heavy (non-hydrogen) atoms. The van der Waals surface area contributed by atoms with Crippen molar-refractivity contribution in [3.63, 3.8) is 0 Å². The van der Waals surface area contributed by atoms with Crippen LogP contribution in [0, 0.1) is 13.8 Å². The number of carbonyl (C=O) groups is 1. The predicted octanol–water partition coefficient (Wildman–Crippen LogP) is 3.32. The van der Waals surface area contributed by atoms with Gasteiger partial charge < -0.3 is 5.32 Å². The highest BCUT2D eigenvalue weighted by atomic mass is 35.5. The van der Waals surface area contributed by atoms with Crippen LogP contribution in [-0.4, -0.2) is 36.1 Å². The summed E-state index contributed by atoms with van der Waals surface area (Å²) in [4.78, 5) is 16.8. The van der Waals surface area contributed by atoms with Gasteiger partial charge >= 0.3 is 0 Å². The van der Waals surface area contributed by atoms with Crippen molar-refractivity contribution in [2.45, 2.75) is 20.4 Å². The molecule has 0 spiro atoms. The SMILES string of the molecule is Cc1ccc(-n2cc(C(=O)NCc3ccc(-c4ccccc4Cl)nn3)nn2)c(C)n1. The Kier molecular flexibility index (Phi) is 5.49. The van der Waals surface area contributed by atoms with Gasteiger partial charge in [-0.25, -0.2) is 4.68 Å². The fourth-order valence-corrected chi connectivity index (χ4v) is 3.17. The highest BCUT2D eigenvalue weighted by molar-refractivity contribution is 6.33. The Morgan fingerprint density at radius 1 is 1.03 bits per heavy atom. The molecule has 0 fully saturated rings. The molecule has 0 aliphatic heterocycles. The van der Waals surface area contributed by atoms with Gasteiger partial charge in [-0.3, -0.25) is 9.78 Å². The van der Waals surface area contributed by atoms with Crippen LogP contribution in [0.3, 0.4) is 0 Å². The molecule has 0 atom stereocenters. The van der Waals surface area contributed by atoms with Gasteiger partial charge in [0.25, 0.3) is 5.91 Å². The van der Waals surface area contributed by atoms with Crippen molar-refractivity contribution in [3.8, 4) is 16.9 Å². The van der Waals surface area contributed by atoms with Gasteiger partial charge in [0.2, 0.25) is 0 Å². The van der Waals surface area contributed by atoms with Gasteiger partial charge in [-0.05, 0) is 44.2 Å². The van der Waals surface area contributed by atoms with Crippen LogP contribution in [0.5, 0.6) is 0 Å². The maximum Gasteiger partial charge on any atom is 0.273 e. The summed E-state index contributed by atoms with van der Waals surface area (Å²) < 4.78 is 1.54. The van der Waals surface area contributed by atoms with E-state index in [2.05, 4.69) is 30.8 Å². The van der Waals surface area contributed by atoms with E-state index in [4.69, 9.17) is 11.6 Å². The number of pyridine rings is 1. The van der Waals surface area contributed by atoms with Gasteiger partial charge in [-0.15, -0.1) is 5.10 Å². The van der Waals surface area contributed by atoms with Gasteiger partial charge in [-0.1, -0.05) is 35.0 Å². The van der Waals surface area contributed by atoms with Crippen molar-refractivity contribution < 1.29 is 4.79 Å². The summed E-state index contributed by atoms with van der Waals surface area (Å²) in [5, 5.41) is 19.7. The van der Waals surface area contributed by atoms with E-state index in [-0.39, 0.29) is 18.1 Å². The zero-order chi connectivity index (χ0) is 21.1. The molecule has 4 rings (SSSR count). The first kappa shape index (κ1) is 19.7. The van der Waals surface area contributed by atoms with Crippen LogP contribution in [0.4, 0.5) is 0 Å². The smallest absolute Gasteiger partial charge is 0.273 e. The molecule has 0 saturated carbocycles. The maximum atomic E-state index is 12.4. The lowest BCUT2D eigenvalue weighted by Crippen LogP contribution is -2.23. The second kappa shape index (κ2) is 8.38. The Bertz CT molecular complexity index is 1200. The summed E-state index contributed by atoms with van der Waals surface area (Å²) in [7, 11) is 0. The van der Waals surface area contributed by atoms with Gasteiger partial charge in [-0.2, -0.15) is 10.2 Å². The highest BCUT2D eigenvalue weighted by Gasteiger charge is 2.13. The van der Waals surface area contributed by atoms with Crippen LogP contribution >= 0.6 is 11.6 Å². The van der Waals surface area contributed by atoms with Crippen LogP contribution in [0.25, 0.3) is 16.9 Å². The molecule has 9 heteroatoms. The molecule has 4 aromatic rings. The molecular weight excluding hydrogens is 402 g/mol. The third kappa shape index (κ3) is 4.18. The summed E-state index contributed by atoms with van der Waals surface area (Å²) in [6.07, 6.45) is 1.57. The second-order valence-corrected chi connectivity index (χ2v) is 7.09. The number of aryl methyl sites for hydroxylation is 2. The topological polar surface area (TPSA) is 98.5 Å². The number of benzene rings is 1. The maximum absolute atomic E-state index is 12.4. The zero-order valence-corrected chi connectivity index (χ0v) is 17.1. The third-order valence-electron chi connectivity index (χ3n) is 4.47. The minimum absolute atomic E-state index is 0.204. The summed E-state index contributed by atoms with van der Waals surface area (Å²) in [5.41, 5.74) is 4.78. The van der Waals surface area contributed by atoms with Crippen LogP contribution in [0.15, 0.2) is 54.7 Å². The fraction of sp³-hybridized carbons (Fsp3) is 0.143. The average molecular weight is 420 g/mol. The quantitative estimate of drug-likeness (QED) is 0.532. The Morgan fingerprint density at radius 3 is 2.60 bits per heavy atom. The first-order valence-electron chi connectivity index (χ1n) is 9.24. The number of rotatable bonds is 5. The number of hydrogen-bond acceptors (Lipinski definition) is 6. The average Bonchev–Trinajstić information content (AvgIpc) is 3.23. The molecule has 0 radical (unpaired) electrons. The van der Waals surface area contributed by atoms with Crippen LogP contribution < -0.4 is 5.32 Å². The van der Waals surface area contributed by atoms with Crippen LogP contribution in [0.1, 0.15) is 27.6 Å². The van der Waals surface area contributed by atoms with Crippen molar-refractivity contribution in [2.75, 3.05) is 0 Å². The summed E-state index contributed by atoms with van der Waals surface area (Å²) in [6.45, 7) is 4.02. The number of nitrogens with one attached hydrogen (secondary N) is 1. The second-order valence-electron chi connectivity index (χ2n) is 6.68. The molecule has 0 saturated heterocycles. The molecule has 1 aromatic carbocycles. The Balaban J connectivity index is 1.42. The van der Waals surface area contributed by atoms with Crippen molar-refractivity contribution in [3.05, 3.63) is 82.5 Å². The van der Waals surface area contributed by atoms with E-state index < -0.39 is 0 Å². The van der Waals surface area contributed by atoms with Crippen LogP contribution in [0.2, 0.25) is 5.02 Å². The number of aromatic nitrogens is 6. The van der Waals surface area contributed by atoms with E-state index in [1.165, 1.54) is 4.68 Å². The van der Waals surface area contributed by atoms with E-state index in [1.54, 1.807) is 18.3 Å². The summed E-state index contributed by atoms with van der Waals surface area (Å²) in [6, 6.07) is 14.8. The van der Waals surface area contributed by atoms with Crippen molar-refractivity contribution in [2.24, 2.45) is 0 Å². The predicted molar refractivity (Wildman–Crippen MR) is 112 cm³/mol. The molecule has 0 aliphatic rings. The van der Waals surface area contributed by atoms with Gasteiger partial charge in [0.05, 0.1) is 40.5 Å². The van der Waals surface area contributed by atoms with E-state index in [1.807, 2.05) is 50.2 Å². The Hall–Kier alpha value is -3.65. The molecule has 1 N–H and O–H groups in total. The standard InChI is InChI=1S/C21H18ClN7O/c1-13-7-10-20(14(2)24-13)29-12-19(27-28-29)21(30)23-11-15-8-9-18(26-25-15)16-5-3-4-6-17(16)22/h3-10,12H,11H2,1-2H3,(H,23,30). The van der Waals surface area contributed by atoms with Gasteiger partial charge in [0.15, 0.2) is 5.69 Å². The molecular formula is C21H18ClN7O. The lowest BCUT2D eigenvalue weighted by molar-refractivity contribution is 0.0945. The van der Waals surface area contributed by atoms with E-state index in [0.29, 0.717) is 16.4 Å². The summed E-state index contributed by atoms with van der Waals surface area (Å²) in [5.74, 6) is -0.351. The molecule has 1 amide bonds. The molecule has 0 bridgehead atoms. The van der Waals surface area contributed by atoms with Crippen LogP contribution in [-0.2, 0) is 6.54 Å². The monoisotopic (exact) mass is 419 g/mol. The summed E-state index contributed by atoms with van der Waals surface area (Å²) >= 11 is 6.19. The lowest BCUT2D eigenvalue weighted by Gasteiger charge is -2.05. The molecule has 3 heterocycles. The minimum Gasteiger partial charge on any atom is -0.345 e. The van der Waals surface area contributed by atoms with Crippen molar-refractivity contribution >= 4 is 17.5 Å². The van der Waals surface area contributed by atoms with Crippen molar-refractivity contribution in [1.29, 1.82) is 0 Å². The largest absolute Gasteiger partial charge is 0.345 e. The molecule has 150 valence electrons. The Morgan fingerprint density at radius 2 is 1.87 bits per heavy atom. The highest BCUT2D eigenvalue weighted by Crippen LogP contribution is 2.25. The number of hydrogen-bond donors (Lipinski definition) is 1. The Labute approximate surface area is 177 Å². The molecule has 0 aliphatic carbocycles. The first-order chi connectivity index (χ1) is 14.5. The number of halogens is 1. The lowest BCUT2D eigenvalue weighted by atomic mass is 10.1. The zero-order valence-electron chi connectivity index (χ0n) is 16.4. The third-order valence-corrected chi connectivity index (χ3v) is 4.80. The van der Waals surface area contributed by atoms with E-state index >= 15 is 0 Å². The van der Waals surface area contributed by atoms with E-state index in [0.717, 1.165) is 22.6 Å².